The van der Waals surface area contributed by atoms with Crippen LogP contribution >= 0.6 is 0 Å². The zero-order valence-electron chi connectivity index (χ0n) is 13.8. The molecule has 6 nitrogen and oxygen atoms in total. The van der Waals surface area contributed by atoms with Crippen LogP contribution in [0, 0.1) is 12.7 Å². The summed E-state index contributed by atoms with van der Waals surface area (Å²) in [6.07, 6.45) is 0. The van der Waals surface area contributed by atoms with Crippen LogP contribution in [0.2, 0.25) is 0 Å². The van der Waals surface area contributed by atoms with E-state index in [2.05, 4.69) is 15.3 Å². The molecule has 26 heavy (non-hydrogen) atoms. The molecule has 4 rings (SSSR count). The Morgan fingerprint density at radius 2 is 1.81 bits per heavy atom. The van der Waals surface area contributed by atoms with Gasteiger partial charge in [-0.3, -0.25) is 0 Å². The summed E-state index contributed by atoms with van der Waals surface area (Å²) in [6, 6.07) is 14.0. The molecule has 7 heteroatoms. The van der Waals surface area contributed by atoms with E-state index in [0.29, 0.717) is 17.0 Å². The summed E-state index contributed by atoms with van der Waals surface area (Å²) in [5, 5.41) is 17.0. The lowest BCUT2D eigenvalue weighted by Crippen LogP contribution is -1.91. The average Bonchev–Trinajstić information content (AvgIpc) is 3.29. The number of hydrogen-bond acceptors (Lipinski definition) is 6. The normalized spacial score (nSPS) is 11.0. The molecule has 0 spiro atoms. The molecule has 4 aromatic rings. The fraction of sp³-hybridized carbons (Fsp3) is 0.105. The van der Waals surface area contributed by atoms with Gasteiger partial charge in [-0.25, -0.2) is 4.39 Å². The molecule has 0 radical (unpaired) electrons. The van der Waals surface area contributed by atoms with Crippen LogP contribution in [0.25, 0.3) is 34.3 Å². The summed E-state index contributed by atoms with van der Waals surface area (Å²) in [7, 11) is 0. The molecule has 0 amide bonds. The summed E-state index contributed by atoms with van der Waals surface area (Å²) >= 11 is 0. The van der Waals surface area contributed by atoms with Crippen LogP contribution in [0.1, 0.15) is 11.1 Å². The lowest BCUT2D eigenvalue weighted by Gasteiger charge is -2.00. The minimum absolute atomic E-state index is 0.166. The molecule has 2 aromatic carbocycles. The molecule has 0 unspecified atom stereocenters. The largest absolute Gasteiger partial charge is 0.392 e. The Balaban J connectivity index is 1.69. The predicted octanol–water partition coefficient (Wildman–Crippen LogP) is 4.00. The number of benzene rings is 2. The van der Waals surface area contributed by atoms with Crippen LogP contribution in [-0.2, 0) is 6.61 Å². The lowest BCUT2D eigenvalue weighted by atomic mass is 10.1. The van der Waals surface area contributed by atoms with Crippen molar-refractivity contribution >= 4 is 0 Å². The topological polar surface area (TPSA) is 85.2 Å². The van der Waals surface area contributed by atoms with Crippen molar-refractivity contribution in [3.8, 4) is 34.3 Å². The summed E-state index contributed by atoms with van der Waals surface area (Å²) in [6.45, 7) is 1.48. The van der Waals surface area contributed by atoms with E-state index in [1.165, 1.54) is 12.1 Å². The van der Waals surface area contributed by atoms with Gasteiger partial charge in [0.1, 0.15) is 11.5 Å². The Morgan fingerprint density at radius 3 is 2.54 bits per heavy atom. The molecular weight excluding hydrogens is 337 g/mol. The van der Waals surface area contributed by atoms with E-state index in [0.717, 1.165) is 11.1 Å². The van der Waals surface area contributed by atoms with Crippen molar-refractivity contribution in [3.05, 3.63) is 65.5 Å². The highest BCUT2D eigenvalue weighted by molar-refractivity contribution is 5.69. The maximum Gasteiger partial charge on any atom is 0.297 e. The summed E-state index contributed by atoms with van der Waals surface area (Å²) in [5.74, 6) is 0.230. The zero-order chi connectivity index (χ0) is 18.1. The highest BCUT2D eigenvalue weighted by atomic mass is 19.1. The Kier molecular flexibility index (Phi) is 4.06. The molecule has 0 saturated carbocycles. The molecule has 0 saturated heterocycles. The minimum atomic E-state index is -0.529. The SMILES string of the molecule is Cc1c(-c2ccccc2)noc1-c1nc(-c2ccc(CO)c(F)c2)no1. The number of rotatable bonds is 4. The van der Waals surface area contributed by atoms with E-state index in [-0.39, 0.29) is 23.9 Å². The molecule has 2 heterocycles. The first-order valence-electron chi connectivity index (χ1n) is 7.93. The van der Waals surface area contributed by atoms with E-state index < -0.39 is 5.82 Å². The van der Waals surface area contributed by atoms with Crippen LogP contribution in [0.4, 0.5) is 4.39 Å². The van der Waals surface area contributed by atoms with Crippen LogP contribution in [0.3, 0.4) is 0 Å². The van der Waals surface area contributed by atoms with Gasteiger partial charge in [0.2, 0.25) is 11.6 Å². The van der Waals surface area contributed by atoms with Crippen molar-refractivity contribution in [1.29, 1.82) is 0 Å². The fourth-order valence-electron chi connectivity index (χ4n) is 2.65. The number of aliphatic hydroxyl groups excluding tert-OH is 1. The third kappa shape index (κ3) is 2.78. The molecule has 2 aromatic heterocycles. The number of hydrogen-bond donors (Lipinski definition) is 1. The molecule has 130 valence electrons. The van der Waals surface area contributed by atoms with Crippen molar-refractivity contribution in [3.63, 3.8) is 0 Å². The van der Waals surface area contributed by atoms with Crippen LogP contribution in [-0.4, -0.2) is 20.4 Å². The van der Waals surface area contributed by atoms with Crippen LogP contribution in [0.15, 0.2) is 57.6 Å². The monoisotopic (exact) mass is 351 g/mol. The average molecular weight is 351 g/mol. The van der Waals surface area contributed by atoms with Crippen molar-refractivity contribution in [2.45, 2.75) is 13.5 Å². The van der Waals surface area contributed by atoms with E-state index in [9.17, 15) is 4.39 Å². The lowest BCUT2D eigenvalue weighted by molar-refractivity contribution is 0.276. The van der Waals surface area contributed by atoms with Crippen LogP contribution < -0.4 is 0 Å². The molecule has 0 aliphatic heterocycles. The Hall–Kier alpha value is -3.32. The standard InChI is InChI=1S/C19H14FN3O3/c1-11-16(12-5-3-2-4-6-12)22-25-17(11)19-21-18(23-26-19)13-7-8-14(10-24)15(20)9-13/h2-9,24H,10H2,1H3. The highest BCUT2D eigenvalue weighted by Gasteiger charge is 2.21. The van der Waals surface area contributed by atoms with Crippen molar-refractivity contribution in [2.75, 3.05) is 0 Å². The molecular formula is C19H14FN3O3. The molecule has 0 fully saturated rings. The Labute approximate surface area is 147 Å². The van der Waals surface area contributed by atoms with Crippen molar-refractivity contribution in [1.82, 2.24) is 15.3 Å². The summed E-state index contributed by atoms with van der Waals surface area (Å²) < 4.78 is 24.5. The minimum Gasteiger partial charge on any atom is -0.392 e. The molecule has 0 aliphatic rings. The van der Waals surface area contributed by atoms with E-state index >= 15 is 0 Å². The van der Waals surface area contributed by atoms with Crippen molar-refractivity contribution in [2.24, 2.45) is 0 Å². The van der Waals surface area contributed by atoms with Gasteiger partial charge in [0.15, 0.2) is 0 Å². The molecule has 0 bridgehead atoms. The van der Waals surface area contributed by atoms with Gasteiger partial charge in [0.05, 0.1) is 6.61 Å². The Bertz CT molecular complexity index is 1060. The second-order valence-corrected chi connectivity index (χ2v) is 5.74. The second kappa shape index (κ2) is 6.53. The number of nitrogens with zero attached hydrogens (tertiary/aromatic N) is 3. The number of aliphatic hydroxyl groups is 1. The first-order valence-corrected chi connectivity index (χ1v) is 7.93. The van der Waals surface area contributed by atoms with Gasteiger partial charge in [-0.05, 0) is 13.0 Å². The summed E-state index contributed by atoms with van der Waals surface area (Å²) in [4.78, 5) is 4.27. The predicted molar refractivity (Wildman–Crippen MR) is 91.3 cm³/mol. The highest BCUT2D eigenvalue weighted by Crippen LogP contribution is 2.31. The molecule has 1 N–H and O–H groups in total. The fourth-order valence-corrected chi connectivity index (χ4v) is 2.65. The molecule has 0 aliphatic carbocycles. The zero-order valence-corrected chi connectivity index (χ0v) is 13.8. The first kappa shape index (κ1) is 16.2. The molecule has 0 atom stereocenters. The number of aromatic nitrogens is 3. The van der Waals surface area contributed by atoms with Crippen LogP contribution in [0.5, 0.6) is 0 Å². The summed E-state index contributed by atoms with van der Waals surface area (Å²) in [5.41, 5.74) is 3.03. The van der Waals surface area contributed by atoms with Gasteiger partial charge in [-0.2, -0.15) is 4.98 Å². The van der Waals surface area contributed by atoms with Gasteiger partial charge in [0.25, 0.3) is 5.89 Å². The Morgan fingerprint density at radius 1 is 1.00 bits per heavy atom. The maximum absolute atomic E-state index is 13.8. The van der Waals surface area contributed by atoms with Gasteiger partial charge in [-0.1, -0.05) is 52.8 Å². The smallest absolute Gasteiger partial charge is 0.297 e. The van der Waals surface area contributed by atoms with Gasteiger partial charge in [0, 0.05) is 22.3 Å². The van der Waals surface area contributed by atoms with Gasteiger partial charge >= 0.3 is 0 Å². The first-order chi connectivity index (χ1) is 12.7. The van der Waals surface area contributed by atoms with Gasteiger partial charge < -0.3 is 14.2 Å². The van der Waals surface area contributed by atoms with Gasteiger partial charge in [-0.15, -0.1) is 0 Å². The third-order valence-corrected chi connectivity index (χ3v) is 4.07. The van der Waals surface area contributed by atoms with E-state index in [1.807, 2.05) is 37.3 Å². The van der Waals surface area contributed by atoms with E-state index in [4.69, 9.17) is 14.2 Å². The maximum atomic E-state index is 13.8. The second-order valence-electron chi connectivity index (χ2n) is 5.74. The number of halogens is 1. The quantitative estimate of drug-likeness (QED) is 0.598. The van der Waals surface area contributed by atoms with Crippen molar-refractivity contribution < 1.29 is 18.5 Å². The third-order valence-electron chi connectivity index (χ3n) is 4.07. The van der Waals surface area contributed by atoms with E-state index in [1.54, 1.807) is 6.07 Å².